The first-order chi connectivity index (χ1) is 12.8. The van der Waals surface area contributed by atoms with Gasteiger partial charge in [0, 0.05) is 19.5 Å². The van der Waals surface area contributed by atoms with E-state index in [1.54, 1.807) is 4.90 Å². The van der Waals surface area contributed by atoms with Gasteiger partial charge in [-0.1, -0.05) is 30.3 Å². The van der Waals surface area contributed by atoms with Crippen molar-refractivity contribution in [3.05, 3.63) is 47.5 Å². The van der Waals surface area contributed by atoms with Crippen LogP contribution in [0.3, 0.4) is 0 Å². The third-order valence-electron chi connectivity index (χ3n) is 3.93. The molecule has 0 radical (unpaired) electrons. The molecule has 0 atom stereocenters. The summed E-state index contributed by atoms with van der Waals surface area (Å²) in [6.45, 7) is 6.79. The molecule has 3 rings (SSSR count). The molecule has 0 saturated heterocycles. The van der Waals surface area contributed by atoms with Crippen molar-refractivity contribution in [3.63, 3.8) is 0 Å². The molecule has 1 aromatic carbocycles. The van der Waals surface area contributed by atoms with Gasteiger partial charge in [-0.05, 0) is 38.2 Å². The number of aromatic nitrogens is 3. The van der Waals surface area contributed by atoms with Crippen LogP contribution < -0.4 is 0 Å². The molecule has 0 saturated carbocycles. The molecule has 1 amide bonds. The smallest absolute Gasteiger partial charge is 0.410 e. The van der Waals surface area contributed by atoms with Crippen molar-refractivity contribution < 1.29 is 14.3 Å². The van der Waals surface area contributed by atoms with Crippen LogP contribution in [0.25, 0.3) is 0 Å². The first-order valence-electron chi connectivity index (χ1n) is 8.80. The number of rotatable bonds is 2. The summed E-state index contributed by atoms with van der Waals surface area (Å²) in [5.41, 5.74) is 0.380. The van der Waals surface area contributed by atoms with E-state index in [1.807, 2.05) is 55.7 Å². The fraction of sp³-hybridized carbons (Fsp3) is 0.400. The normalized spacial score (nSPS) is 13.4. The molecule has 2 heterocycles. The molecule has 7 nitrogen and oxygen atoms in total. The number of carbonyl (C=O) groups is 2. The molecule has 0 aliphatic carbocycles. The Labute approximate surface area is 158 Å². The molecule has 0 bridgehead atoms. The summed E-state index contributed by atoms with van der Waals surface area (Å²) in [5, 5.41) is 8.15. The van der Waals surface area contributed by atoms with Crippen LogP contribution in [0.1, 0.15) is 38.0 Å². The van der Waals surface area contributed by atoms with Crippen LogP contribution >= 0.6 is 0 Å². The number of ketones is 1. The summed E-state index contributed by atoms with van der Waals surface area (Å²) >= 11 is 0. The van der Waals surface area contributed by atoms with Crippen molar-refractivity contribution in [2.75, 3.05) is 6.54 Å². The van der Waals surface area contributed by atoms with E-state index in [4.69, 9.17) is 4.74 Å². The number of amides is 1. The molecular weight excluding hydrogens is 344 g/mol. The Morgan fingerprint density at radius 1 is 1.15 bits per heavy atom. The second-order valence-corrected chi connectivity index (χ2v) is 7.33. The van der Waals surface area contributed by atoms with E-state index in [2.05, 4.69) is 22.0 Å². The van der Waals surface area contributed by atoms with E-state index in [1.165, 1.54) is 0 Å². The molecular formula is C20H22N4O3. The van der Waals surface area contributed by atoms with E-state index in [9.17, 15) is 9.59 Å². The van der Waals surface area contributed by atoms with Crippen LogP contribution in [0, 0.1) is 11.8 Å². The summed E-state index contributed by atoms with van der Waals surface area (Å²) in [6.07, 6.45) is -0.108. The summed E-state index contributed by atoms with van der Waals surface area (Å²) < 4.78 is 7.23. The van der Waals surface area contributed by atoms with Gasteiger partial charge in [-0.3, -0.25) is 9.69 Å². The van der Waals surface area contributed by atoms with Gasteiger partial charge >= 0.3 is 6.09 Å². The Morgan fingerprint density at radius 2 is 1.89 bits per heavy atom. The van der Waals surface area contributed by atoms with E-state index >= 15 is 0 Å². The number of hydrogen-bond donors (Lipinski definition) is 0. The Kier molecular flexibility index (Phi) is 5.26. The molecule has 1 aliphatic heterocycles. The van der Waals surface area contributed by atoms with Crippen LogP contribution in [-0.2, 0) is 29.0 Å². The zero-order valence-electron chi connectivity index (χ0n) is 15.7. The van der Waals surface area contributed by atoms with Gasteiger partial charge in [0.25, 0.3) is 0 Å². The zero-order chi connectivity index (χ0) is 19.4. The number of fused-ring (bicyclic) bond motifs is 1. The highest BCUT2D eigenvalue weighted by molar-refractivity contribution is 5.97. The van der Waals surface area contributed by atoms with Crippen molar-refractivity contribution in [3.8, 4) is 11.8 Å². The molecule has 7 heteroatoms. The second kappa shape index (κ2) is 7.62. The van der Waals surface area contributed by atoms with Crippen molar-refractivity contribution in [1.82, 2.24) is 19.7 Å². The summed E-state index contributed by atoms with van der Waals surface area (Å²) in [4.78, 5) is 25.8. The second-order valence-electron chi connectivity index (χ2n) is 7.33. The molecule has 2 aromatic rings. The maximum absolute atomic E-state index is 12.2. The first-order valence-corrected chi connectivity index (χ1v) is 8.80. The molecule has 0 N–H and O–H groups in total. The Bertz CT molecular complexity index is 901. The van der Waals surface area contributed by atoms with Gasteiger partial charge in [0.15, 0.2) is 5.82 Å². The van der Waals surface area contributed by atoms with Crippen molar-refractivity contribution >= 4 is 11.9 Å². The molecule has 27 heavy (non-hydrogen) atoms. The van der Waals surface area contributed by atoms with Crippen molar-refractivity contribution in [2.45, 2.75) is 45.9 Å². The van der Waals surface area contributed by atoms with E-state index in [-0.39, 0.29) is 18.3 Å². The third-order valence-corrected chi connectivity index (χ3v) is 3.93. The predicted octanol–water partition coefficient (Wildman–Crippen LogP) is 2.19. The van der Waals surface area contributed by atoms with Crippen LogP contribution in [0.4, 0.5) is 4.79 Å². The lowest BCUT2D eigenvalue weighted by Gasteiger charge is -2.30. The van der Waals surface area contributed by atoms with E-state index < -0.39 is 5.60 Å². The lowest BCUT2D eigenvalue weighted by molar-refractivity contribution is -0.113. The minimum absolute atomic E-state index is 0.176. The van der Waals surface area contributed by atoms with Crippen LogP contribution in [0.15, 0.2) is 30.3 Å². The van der Waals surface area contributed by atoms with Gasteiger partial charge < -0.3 is 9.30 Å². The average molecular weight is 366 g/mol. The molecule has 1 aliphatic rings. The Hall–Kier alpha value is -3.14. The SMILES string of the molecule is CC(C)(C)OC(=O)N1CCn2c(C#CC(=O)Cc3ccccc3)nnc2C1. The quantitative estimate of drug-likeness (QED) is 0.762. The fourth-order valence-corrected chi connectivity index (χ4v) is 2.68. The number of ether oxygens (including phenoxy) is 1. The van der Waals surface area contributed by atoms with Gasteiger partial charge in [0.05, 0.1) is 6.54 Å². The van der Waals surface area contributed by atoms with Gasteiger partial charge in [-0.2, -0.15) is 0 Å². The first kappa shape index (κ1) is 18.6. The Balaban J connectivity index is 1.65. The average Bonchev–Trinajstić information content (AvgIpc) is 3.01. The summed E-state index contributed by atoms with van der Waals surface area (Å²) in [6, 6.07) is 9.47. The highest BCUT2D eigenvalue weighted by Gasteiger charge is 2.27. The summed E-state index contributed by atoms with van der Waals surface area (Å²) in [7, 11) is 0. The molecule has 0 unspecified atom stereocenters. The number of Topliss-reactive ketones (excluding diaryl/α,β-unsaturated/α-hetero) is 1. The standard InChI is InChI=1S/C20H22N4O3/c1-20(2,3)27-19(26)23-11-12-24-17(21-22-18(24)14-23)10-9-16(25)13-15-7-5-4-6-8-15/h4-8H,11-14H2,1-3H3. The molecule has 0 fully saturated rings. The van der Waals surface area contributed by atoms with Gasteiger partial charge in [-0.15, -0.1) is 10.2 Å². The zero-order valence-corrected chi connectivity index (χ0v) is 15.7. The topological polar surface area (TPSA) is 77.3 Å². The van der Waals surface area contributed by atoms with Crippen molar-refractivity contribution in [1.29, 1.82) is 0 Å². The van der Waals surface area contributed by atoms with Gasteiger partial charge in [0.2, 0.25) is 11.6 Å². The molecule has 140 valence electrons. The number of carbonyl (C=O) groups excluding carboxylic acids is 2. The van der Waals surface area contributed by atoms with E-state index in [0.717, 1.165) is 5.56 Å². The molecule has 0 spiro atoms. The number of hydrogen-bond acceptors (Lipinski definition) is 5. The highest BCUT2D eigenvalue weighted by Crippen LogP contribution is 2.16. The summed E-state index contributed by atoms with van der Waals surface area (Å²) in [5.74, 6) is 6.34. The minimum Gasteiger partial charge on any atom is -0.444 e. The highest BCUT2D eigenvalue weighted by atomic mass is 16.6. The maximum Gasteiger partial charge on any atom is 0.410 e. The number of benzene rings is 1. The molecule has 1 aromatic heterocycles. The largest absolute Gasteiger partial charge is 0.444 e. The fourth-order valence-electron chi connectivity index (χ4n) is 2.68. The third kappa shape index (κ3) is 4.94. The van der Waals surface area contributed by atoms with Gasteiger partial charge in [0.1, 0.15) is 5.60 Å². The maximum atomic E-state index is 12.2. The minimum atomic E-state index is -0.544. The monoisotopic (exact) mass is 366 g/mol. The lowest BCUT2D eigenvalue weighted by Crippen LogP contribution is -2.41. The van der Waals surface area contributed by atoms with E-state index in [0.29, 0.717) is 31.3 Å². The Morgan fingerprint density at radius 3 is 2.59 bits per heavy atom. The van der Waals surface area contributed by atoms with Crippen LogP contribution in [0.5, 0.6) is 0 Å². The van der Waals surface area contributed by atoms with Crippen LogP contribution in [0.2, 0.25) is 0 Å². The predicted molar refractivity (Wildman–Crippen MR) is 98.7 cm³/mol. The van der Waals surface area contributed by atoms with Crippen LogP contribution in [-0.4, -0.2) is 43.7 Å². The van der Waals surface area contributed by atoms with Gasteiger partial charge in [-0.25, -0.2) is 4.79 Å². The number of nitrogens with zero attached hydrogens (tertiary/aromatic N) is 4. The lowest BCUT2D eigenvalue weighted by atomic mass is 10.1. The van der Waals surface area contributed by atoms with Crippen molar-refractivity contribution in [2.24, 2.45) is 0 Å².